The van der Waals surface area contributed by atoms with Crippen molar-refractivity contribution in [2.75, 3.05) is 19.6 Å². The Balaban J connectivity index is 2.27. The third-order valence-corrected chi connectivity index (χ3v) is 5.23. The van der Waals surface area contributed by atoms with Crippen LogP contribution in [0.3, 0.4) is 0 Å². The summed E-state index contributed by atoms with van der Waals surface area (Å²) in [5.41, 5.74) is 2.77. The summed E-state index contributed by atoms with van der Waals surface area (Å²) in [7, 11) is 0. The van der Waals surface area contributed by atoms with Crippen molar-refractivity contribution in [2.45, 2.75) is 44.3 Å². The van der Waals surface area contributed by atoms with Gasteiger partial charge in [0.05, 0.1) is 30.9 Å². The summed E-state index contributed by atoms with van der Waals surface area (Å²) >= 11 is 0. The molecule has 1 aliphatic rings. The van der Waals surface area contributed by atoms with Crippen LogP contribution >= 0.6 is 0 Å². The van der Waals surface area contributed by atoms with Crippen LogP contribution < -0.4 is 11.3 Å². The second kappa shape index (κ2) is 11.3. The number of nitrogens with two attached hydrogens (primary N) is 1. The van der Waals surface area contributed by atoms with Gasteiger partial charge in [-0.15, -0.1) is 0 Å². The van der Waals surface area contributed by atoms with Gasteiger partial charge in [-0.2, -0.15) is 0 Å². The average molecular weight is 437 g/mol. The molecule has 31 heavy (non-hydrogen) atoms. The molecule has 0 radical (unpaired) electrons. The summed E-state index contributed by atoms with van der Waals surface area (Å²) in [5.74, 6) is 1.23. The van der Waals surface area contributed by atoms with Gasteiger partial charge in [-0.05, 0) is 25.0 Å². The number of rotatable bonds is 11. The van der Waals surface area contributed by atoms with Crippen LogP contribution in [0.2, 0.25) is 0 Å². The number of hydrogen-bond donors (Lipinski definition) is 5. The zero-order valence-corrected chi connectivity index (χ0v) is 16.9. The van der Waals surface area contributed by atoms with E-state index in [4.69, 9.17) is 5.84 Å². The van der Waals surface area contributed by atoms with Crippen molar-refractivity contribution in [2.24, 2.45) is 5.84 Å². The van der Waals surface area contributed by atoms with Gasteiger partial charge in [-0.1, -0.05) is 12.8 Å². The van der Waals surface area contributed by atoms with Crippen LogP contribution in [-0.2, 0) is 20.9 Å². The van der Waals surface area contributed by atoms with Gasteiger partial charge < -0.3 is 15.3 Å². The van der Waals surface area contributed by atoms with Crippen LogP contribution in [0, 0.1) is 0 Å². The van der Waals surface area contributed by atoms with Gasteiger partial charge in [-0.25, -0.2) is 5.84 Å². The Morgan fingerprint density at radius 2 is 1.45 bits per heavy atom. The highest BCUT2D eigenvalue weighted by atomic mass is 16.4. The fourth-order valence-electron chi connectivity index (χ4n) is 3.99. The molecule has 1 fully saturated rings. The predicted octanol–water partition coefficient (Wildman–Crippen LogP) is -0.646. The molecule has 0 spiro atoms. The van der Waals surface area contributed by atoms with E-state index in [1.54, 1.807) is 11.0 Å². The third kappa shape index (κ3) is 7.27. The van der Waals surface area contributed by atoms with Crippen LogP contribution in [0.4, 0.5) is 0 Å². The van der Waals surface area contributed by atoms with E-state index in [0.717, 1.165) is 12.8 Å². The van der Waals surface area contributed by atoms with Crippen LogP contribution in [0.15, 0.2) is 18.3 Å². The maximum atomic E-state index is 11.6. The molecule has 12 heteroatoms. The summed E-state index contributed by atoms with van der Waals surface area (Å²) in [5, 5.41) is 27.9. The molecular weight excluding hydrogens is 410 g/mol. The molecule has 1 unspecified atom stereocenters. The highest BCUT2D eigenvalue weighted by Crippen LogP contribution is 2.28. The molecule has 0 saturated heterocycles. The van der Waals surface area contributed by atoms with E-state index in [1.165, 1.54) is 17.2 Å². The van der Waals surface area contributed by atoms with Crippen LogP contribution in [0.5, 0.6) is 0 Å². The van der Waals surface area contributed by atoms with E-state index >= 15 is 0 Å². The highest BCUT2D eigenvalue weighted by molar-refractivity contribution is 5.93. The Bertz CT molecular complexity index is 785. The first-order chi connectivity index (χ1) is 14.7. The molecule has 0 bridgehead atoms. The summed E-state index contributed by atoms with van der Waals surface area (Å²) in [6.45, 7) is -1.07. The quantitative estimate of drug-likeness (QED) is 0.168. The molecule has 0 aliphatic heterocycles. The van der Waals surface area contributed by atoms with Gasteiger partial charge in [0.15, 0.2) is 0 Å². The zero-order chi connectivity index (χ0) is 23.0. The number of carboxylic acids is 3. The largest absolute Gasteiger partial charge is 0.480 e. The second-order valence-electron chi connectivity index (χ2n) is 7.42. The molecule has 6 N–H and O–H groups in total. The van der Waals surface area contributed by atoms with Gasteiger partial charge in [0.2, 0.25) is 0 Å². The Morgan fingerprint density at radius 1 is 0.935 bits per heavy atom. The number of carbonyl (C=O) groups excluding carboxylic acids is 1. The predicted molar refractivity (Wildman–Crippen MR) is 107 cm³/mol. The van der Waals surface area contributed by atoms with E-state index in [1.807, 2.05) is 5.43 Å². The molecule has 0 aromatic carbocycles. The van der Waals surface area contributed by atoms with Crippen LogP contribution in [0.25, 0.3) is 0 Å². The molecule has 1 saturated carbocycles. The third-order valence-electron chi connectivity index (χ3n) is 5.23. The highest BCUT2D eigenvalue weighted by Gasteiger charge is 2.36. The summed E-state index contributed by atoms with van der Waals surface area (Å²) in [4.78, 5) is 52.9. The fraction of sp³-hybridized carbons (Fsp3) is 0.526. The lowest BCUT2D eigenvalue weighted by molar-refractivity contribution is -0.146. The molecule has 2 rings (SSSR count). The maximum absolute atomic E-state index is 11.6. The molecule has 12 nitrogen and oxygen atoms in total. The van der Waals surface area contributed by atoms with Gasteiger partial charge >= 0.3 is 17.9 Å². The Hall–Kier alpha value is -3.09. The minimum Gasteiger partial charge on any atom is -0.480 e. The number of aliphatic carboxylic acids is 3. The lowest BCUT2D eigenvalue weighted by atomic mass is 9.87. The van der Waals surface area contributed by atoms with Crippen molar-refractivity contribution in [3.8, 4) is 0 Å². The number of nitrogen functional groups attached to an aromatic ring is 1. The van der Waals surface area contributed by atoms with Gasteiger partial charge in [0, 0.05) is 24.8 Å². The smallest absolute Gasteiger partial charge is 0.317 e. The lowest BCUT2D eigenvalue weighted by Crippen LogP contribution is -2.56. The molecular formula is C19H27N5O7. The average Bonchev–Trinajstić information content (AvgIpc) is 2.72. The molecule has 1 aromatic rings. The Kier molecular flexibility index (Phi) is 8.85. The molecule has 1 heterocycles. The van der Waals surface area contributed by atoms with Gasteiger partial charge in [0.1, 0.15) is 0 Å². The minimum atomic E-state index is -1.15. The standard InChI is InChI=1S/C19H27N5O7/c20-22-19(31)12-5-6-13(21-7-12)8-23(9-16(25)26)14-3-1-2-4-15(14)24(10-17(27)28)11-18(29)30/h5-7,14-15H,1-4,8-11,20H2,(H,22,31)(H,25,26)(H,27,28)(H,29,30)/t14-,15?/m0/s1. The molecule has 1 aliphatic carbocycles. The topological polar surface area (TPSA) is 186 Å². The Labute approximate surface area is 178 Å². The van der Waals surface area contributed by atoms with Gasteiger partial charge in [-0.3, -0.25) is 39.4 Å². The summed E-state index contributed by atoms with van der Waals surface area (Å²) in [6.07, 6.45) is 4.09. The van der Waals surface area contributed by atoms with Crippen molar-refractivity contribution >= 4 is 23.8 Å². The Morgan fingerprint density at radius 3 is 1.90 bits per heavy atom. The van der Waals surface area contributed by atoms with Crippen molar-refractivity contribution < 1.29 is 34.5 Å². The number of carbonyl (C=O) groups is 4. The first kappa shape index (κ1) is 24.2. The number of amides is 1. The monoisotopic (exact) mass is 437 g/mol. The summed E-state index contributed by atoms with van der Waals surface area (Å²) in [6, 6.07) is 2.31. The molecule has 170 valence electrons. The van der Waals surface area contributed by atoms with E-state index < -0.39 is 42.9 Å². The number of aromatic nitrogens is 1. The zero-order valence-electron chi connectivity index (χ0n) is 16.9. The maximum Gasteiger partial charge on any atom is 0.317 e. The first-order valence-electron chi connectivity index (χ1n) is 9.80. The number of carboxylic acid groups (broad SMARTS) is 3. The van der Waals surface area contributed by atoms with Crippen LogP contribution in [0.1, 0.15) is 41.7 Å². The second-order valence-corrected chi connectivity index (χ2v) is 7.42. The number of nitrogens with one attached hydrogen (secondary N) is 1. The number of hydrogen-bond acceptors (Lipinski definition) is 8. The van der Waals surface area contributed by atoms with E-state index in [-0.39, 0.29) is 24.7 Å². The number of hydrazine groups is 1. The van der Waals surface area contributed by atoms with Gasteiger partial charge in [0.25, 0.3) is 5.91 Å². The molecule has 1 aromatic heterocycles. The first-order valence-corrected chi connectivity index (χ1v) is 9.80. The SMILES string of the molecule is NNC(=O)c1ccc(CN(CC(=O)O)[C@H]2CCCCC2N(CC(=O)O)CC(=O)O)nc1. The van der Waals surface area contributed by atoms with Crippen molar-refractivity contribution in [3.63, 3.8) is 0 Å². The number of nitrogens with zero attached hydrogens (tertiary/aromatic N) is 3. The van der Waals surface area contributed by atoms with Crippen molar-refractivity contribution in [1.29, 1.82) is 0 Å². The lowest BCUT2D eigenvalue weighted by Gasteiger charge is -2.43. The van der Waals surface area contributed by atoms with Crippen molar-refractivity contribution in [1.82, 2.24) is 20.2 Å². The molecule has 2 atom stereocenters. The van der Waals surface area contributed by atoms with Crippen molar-refractivity contribution in [3.05, 3.63) is 29.6 Å². The molecule has 1 amide bonds. The normalized spacial score (nSPS) is 18.7. The van der Waals surface area contributed by atoms with E-state index in [2.05, 4.69) is 4.98 Å². The summed E-state index contributed by atoms with van der Waals surface area (Å²) < 4.78 is 0. The van der Waals surface area contributed by atoms with E-state index in [9.17, 15) is 34.5 Å². The van der Waals surface area contributed by atoms with E-state index in [0.29, 0.717) is 18.5 Å². The fourth-order valence-corrected chi connectivity index (χ4v) is 3.99. The van der Waals surface area contributed by atoms with Crippen LogP contribution in [-0.4, -0.2) is 85.6 Å². The minimum absolute atomic E-state index is 0.145. The number of pyridine rings is 1.